The first-order chi connectivity index (χ1) is 10.0. The number of rotatable bonds is 6. The number of carbonyl (C=O) groups excluding carboxylic acids is 1. The molecule has 2 rings (SSSR count). The molecule has 2 aromatic rings. The van der Waals surface area contributed by atoms with Gasteiger partial charge in [-0.2, -0.15) is 0 Å². The van der Waals surface area contributed by atoms with Gasteiger partial charge in [-0.05, 0) is 31.5 Å². The van der Waals surface area contributed by atoms with Crippen molar-refractivity contribution in [3.8, 4) is 0 Å². The highest BCUT2D eigenvalue weighted by Crippen LogP contribution is 2.17. The predicted molar refractivity (Wildman–Crippen MR) is 88.1 cm³/mol. The molecule has 1 aromatic carbocycles. The number of nitrogens with zero attached hydrogens (tertiary/aromatic N) is 1. The van der Waals surface area contributed by atoms with E-state index in [1.807, 2.05) is 44.2 Å². The van der Waals surface area contributed by atoms with Crippen LogP contribution in [0.4, 0.5) is 0 Å². The van der Waals surface area contributed by atoms with E-state index in [1.165, 1.54) is 11.8 Å². The minimum atomic E-state index is 0.000458. The summed E-state index contributed by atoms with van der Waals surface area (Å²) < 4.78 is 6.02. The van der Waals surface area contributed by atoms with Gasteiger partial charge in [0.25, 0.3) is 0 Å². The molecule has 0 bridgehead atoms. The number of amides is 1. The predicted octanol–water partition coefficient (Wildman–Crippen LogP) is 3.86. The molecule has 4 nitrogen and oxygen atoms in total. The summed E-state index contributed by atoms with van der Waals surface area (Å²) in [6.45, 7) is 3.83. The van der Waals surface area contributed by atoms with E-state index in [1.54, 1.807) is 0 Å². The van der Waals surface area contributed by atoms with Crippen molar-refractivity contribution in [1.29, 1.82) is 0 Å². The van der Waals surface area contributed by atoms with Crippen LogP contribution >= 0.6 is 27.7 Å². The summed E-state index contributed by atoms with van der Waals surface area (Å²) in [5, 5.41) is 6.89. The van der Waals surface area contributed by atoms with Crippen molar-refractivity contribution < 1.29 is 9.32 Å². The Morgan fingerprint density at radius 2 is 2.14 bits per heavy atom. The molecule has 1 aromatic heterocycles. The number of thioether (sulfide) groups is 1. The Labute approximate surface area is 136 Å². The van der Waals surface area contributed by atoms with Gasteiger partial charge in [-0.25, -0.2) is 0 Å². The molecule has 1 heterocycles. The standard InChI is InChI=1S/C15H17BrN2O2S/c1-10-7-14(18-20-10)8-21-9-15(19)17-11(2)12-3-5-13(16)6-4-12/h3-7,11H,8-9H2,1-2H3,(H,17,19). The number of hydrogen-bond donors (Lipinski definition) is 1. The summed E-state index contributed by atoms with van der Waals surface area (Å²) in [4.78, 5) is 11.9. The zero-order valence-corrected chi connectivity index (χ0v) is 14.3. The van der Waals surface area contributed by atoms with E-state index in [0.29, 0.717) is 11.5 Å². The molecule has 0 spiro atoms. The molecule has 1 N–H and O–H groups in total. The van der Waals surface area contributed by atoms with Crippen molar-refractivity contribution in [1.82, 2.24) is 10.5 Å². The van der Waals surface area contributed by atoms with Gasteiger partial charge in [0.15, 0.2) is 0 Å². The average Bonchev–Trinajstić information content (AvgIpc) is 2.85. The van der Waals surface area contributed by atoms with Crippen LogP contribution in [0.5, 0.6) is 0 Å². The first-order valence-electron chi connectivity index (χ1n) is 6.59. The SMILES string of the molecule is Cc1cc(CSCC(=O)NC(C)c2ccc(Br)cc2)no1. The summed E-state index contributed by atoms with van der Waals surface area (Å²) in [5.74, 6) is 1.90. The van der Waals surface area contributed by atoms with Crippen molar-refractivity contribution in [2.45, 2.75) is 25.6 Å². The van der Waals surface area contributed by atoms with Gasteiger partial charge in [-0.15, -0.1) is 11.8 Å². The lowest BCUT2D eigenvalue weighted by Crippen LogP contribution is -2.28. The van der Waals surface area contributed by atoms with E-state index in [9.17, 15) is 4.79 Å². The molecule has 112 valence electrons. The van der Waals surface area contributed by atoms with E-state index in [0.717, 1.165) is 21.5 Å². The summed E-state index contributed by atoms with van der Waals surface area (Å²) in [6, 6.07) is 9.83. The summed E-state index contributed by atoms with van der Waals surface area (Å²) in [5.41, 5.74) is 1.95. The summed E-state index contributed by atoms with van der Waals surface area (Å²) in [6.07, 6.45) is 0. The zero-order chi connectivity index (χ0) is 15.2. The summed E-state index contributed by atoms with van der Waals surface area (Å²) >= 11 is 4.92. The van der Waals surface area contributed by atoms with Crippen LogP contribution in [0.1, 0.15) is 30.0 Å². The van der Waals surface area contributed by atoms with Crippen molar-refractivity contribution in [3.63, 3.8) is 0 Å². The number of aryl methyl sites for hydroxylation is 1. The molecular weight excluding hydrogens is 352 g/mol. The third kappa shape index (κ3) is 5.21. The Kier molecular flexibility index (Phi) is 5.87. The summed E-state index contributed by atoms with van der Waals surface area (Å²) in [7, 11) is 0. The van der Waals surface area contributed by atoms with Gasteiger partial charge in [-0.3, -0.25) is 4.79 Å². The highest BCUT2D eigenvalue weighted by Gasteiger charge is 2.10. The number of benzene rings is 1. The third-order valence-corrected chi connectivity index (χ3v) is 4.40. The highest BCUT2D eigenvalue weighted by atomic mass is 79.9. The molecule has 6 heteroatoms. The molecule has 0 aliphatic carbocycles. The third-order valence-electron chi connectivity index (χ3n) is 2.91. The van der Waals surface area contributed by atoms with Gasteiger partial charge >= 0.3 is 0 Å². The maximum Gasteiger partial charge on any atom is 0.230 e. The Bertz CT molecular complexity index is 598. The molecule has 0 saturated carbocycles. The van der Waals surface area contributed by atoms with Crippen LogP contribution in [0.25, 0.3) is 0 Å². The zero-order valence-electron chi connectivity index (χ0n) is 11.9. The van der Waals surface area contributed by atoms with E-state index in [-0.39, 0.29) is 11.9 Å². The van der Waals surface area contributed by atoms with Crippen LogP contribution in [0.3, 0.4) is 0 Å². The fraction of sp³-hybridized carbons (Fsp3) is 0.333. The fourth-order valence-corrected chi connectivity index (χ4v) is 2.83. The van der Waals surface area contributed by atoms with Gasteiger partial charge in [0.2, 0.25) is 5.91 Å². The normalized spacial score (nSPS) is 12.1. The van der Waals surface area contributed by atoms with Gasteiger partial charge in [0, 0.05) is 16.3 Å². The van der Waals surface area contributed by atoms with E-state index in [4.69, 9.17) is 4.52 Å². The van der Waals surface area contributed by atoms with Gasteiger partial charge in [-0.1, -0.05) is 33.2 Å². The minimum Gasteiger partial charge on any atom is -0.361 e. The monoisotopic (exact) mass is 368 g/mol. The smallest absolute Gasteiger partial charge is 0.230 e. The topological polar surface area (TPSA) is 55.1 Å². The number of halogens is 1. The van der Waals surface area contributed by atoms with Crippen molar-refractivity contribution >= 4 is 33.6 Å². The lowest BCUT2D eigenvalue weighted by atomic mass is 10.1. The number of hydrogen-bond acceptors (Lipinski definition) is 4. The van der Waals surface area contributed by atoms with E-state index >= 15 is 0 Å². The average molecular weight is 369 g/mol. The molecule has 1 amide bonds. The lowest BCUT2D eigenvalue weighted by molar-refractivity contribution is -0.119. The largest absolute Gasteiger partial charge is 0.361 e. The number of aromatic nitrogens is 1. The molecule has 0 aliphatic heterocycles. The molecule has 0 aliphatic rings. The Morgan fingerprint density at radius 1 is 1.43 bits per heavy atom. The maximum atomic E-state index is 11.9. The number of nitrogens with one attached hydrogen (secondary N) is 1. The quantitative estimate of drug-likeness (QED) is 0.840. The van der Waals surface area contributed by atoms with Crippen LogP contribution in [0.2, 0.25) is 0 Å². The van der Waals surface area contributed by atoms with Gasteiger partial charge in [0.05, 0.1) is 17.5 Å². The molecule has 1 unspecified atom stereocenters. The molecule has 0 radical (unpaired) electrons. The molecular formula is C15H17BrN2O2S. The number of carbonyl (C=O) groups is 1. The second-order valence-corrected chi connectivity index (χ2v) is 6.66. The minimum absolute atomic E-state index is 0.000458. The van der Waals surface area contributed by atoms with E-state index in [2.05, 4.69) is 26.4 Å². The van der Waals surface area contributed by atoms with Crippen molar-refractivity contribution in [3.05, 3.63) is 51.8 Å². The van der Waals surface area contributed by atoms with Crippen LogP contribution in [-0.2, 0) is 10.5 Å². The first-order valence-corrected chi connectivity index (χ1v) is 8.54. The van der Waals surface area contributed by atoms with Crippen molar-refractivity contribution in [2.75, 3.05) is 5.75 Å². The Hall–Kier alpha value is -1.27. The molecule has 0 fully saturated rings. The van der Waals surface area contributed by atoms with Crippen LogP contribution < -0.4 is 5.32 Å². The Balaban J connectivity index is 1.75. The van der Waals surface area contributed by atoms with Crippen LogP contribution in [0.15, 0.2) is 39.3 Å². The second-order valence-electron chi connectivity index (χ2n) is 4.76. The molecule has 0 saturated heterocycles. The molecule has 1 atom stereocenters. The van der Waals surface area contributed by atoms with Crippen LogP contribution in [-0.4, -0.2) is 16.8 Å². The maximum absolute atomic E-state index is 11.9. The molecule has 21 heavy (non-hydrogen) atoms. The van der Waals surface area contributed by atoms with Gasteiger partial charge < -0.3 is 9.84 Å². The first kappa shape index (κ1) is 16.1. The van der Waals surface area contributed by atoms with Crippen LogP contribution in [0, 0.1) is 6.92 Å². The van der Waals surface area contributed by atoms with Crippen molar-refractivity contribution in [2.24, 2.45) is 0 Å². The second kappa shape index (κ2) is 7.66. The fourth-order valence-electron chi connectivity index (χ4n) is 1.85. The Morgan fingerprint density at radius 3 is 2.76 bits per heavy atom. The highest BCUT2D eigenvalue weighted by molar-refractivity contribution is 9.10. The van der Waals surface area contributed by atoms with Gasteiger partial charge in [0.1, 0.15) is 5.76 Å². The van der Waals surface area contributed by atoms with E-state index < -0.39 is 0 Å². The lowest BCUT2D eigenvalue weighted by Gasteiger charge is -2.14.